The van der Waals surface area contributed by atoms with Crippen molar-refractivity contribution in [1.29, 1.82) is 0 Å². The van der Waals surface area contributed by atoms with Crippen molar-refractivity contribution in [3.63, 3.8) is 0 Å². The summed E-state index contributed by atoms with van der Waals surface area (Å²) in [7, 11) is 0. The van der Waals surface area contributed by atoms with E-state index in [1.807, 2.05) is 0 Å². The molecule has 2 N–H and O–H groups in total. The third kappa shape index (κ3) is 3.62. The Labute approximate surface area is 93.8 Å². The number of carbonyl (C=O) groups excluding carboxylic acids is 1. The van der Waals surface area contributed by atoms with E-state index in [2.05, 4.69) is 20.8 Å². The second-order valence-electron chi connectivity index (χ2n) is 4.08. The Morgan fingerprint density at radius 1 is 1.56 bits per heavy atom. The quantitative estimate of drug-likeness (QED) is 0.710. The van der Waals surface area contributed by atoms with Gasteiger partial charge in [0.15, 0.2) is 5.82 Å². The lowest BCUT2D eigenvalue weighted by molar-refractivity contribution is -0.120. The minimum Gasteiger partial charge on any atom is -0.348 e. The number of amides is 1. The molecule has 0 spiro atoms. The van der Waals surface area contributed by atoms with Crippen LogP contribution in [0.5, 0.6) is 0 Å². The Hall–Kier alpha value is -1.43. The first kappa shape index (κ1) is 11.1. The zero-order valence-corrected chi connectivity index (χ0v) is 9.32. The lowest BCUT2D eigenvalue weighted by Crippen LogP contribution is -2.34. The second-order valence-corrected chi connectivity index (χ2v) is 4.08. The summed E-state index contributed by atoms with van der Waals surface area (Å²) in [5.41, 5.74) is 0. The Bertz CT molecular complexity index is 359. The number of rotatable bonds is 6. The van der Waals surface area contributed by atoms with Crippen molar-refractivity contribution >= 4 is 5.91 Å². The van der Waals surface area contributed by atoms with Gasteiger partial charge in [-0.05, 0) is 25.3 Å². The molecule has 6 nitrogen and oxygen atoms in total. The number of aromatic nitrogens is 2. The van der Waals surface area contributed by atoms with Crippen molar-refractivity contribution in [2.45, 2.75) is 26.3 Å². The topological polar surface area (TPSA) is 80.0 Å². The third-order valence-corrected chi connectivity index (χ3v) is 2.43. The van der Waals surface area contributed by atoms with Crippen LogP contribution in [0.3, 0.4) is 0 Å². The van der Waals surface area contributed by atoms with Gasteiger partial charge in [-0.15, -0.1) is 0 Å². The largest absolute Gasteiger partial charge is 0.348 e. The predicted octanol–water partition coefficient (Wildman–Crippen LogP) is -0.00618. The van der Waals surface area contributed by atoms with E-state index in [4.69, 9.17) is 4.52 Å². The van der Waals surface area contributed by atoms with E-state index in [0.29, 0.717) is 24.8 Å². The average molecular weight is 224 g/mol. The van der Waals surface area contributed by atoms with E-state index >= 15 is 0 Å². The molecule has 0 saturated heterocycles. The molecule has 0 aromatic carbocycles. The van der Waals surface area contributed by atoms with Crippen LogP contribution >= 0.6 is 0 Å². The number of hydrogen-bond donors (Lipinski definition) is 2. The fraction of sp³-hybridized carbons (Fsp3) is 0.700. The molecule has 0 radical (unpaired) electrons. The van der Waals surface area contributed by atoms with E-state index in [0.717, 1.165) is 12.5 Å². The van der Waals surface area contributed by atoms with Crippen LogP contribution in [0, 0.1) is 12.8 Å². The zero-order chi connectivity index (χ0) is 11.4. The summed E-state index contributed by atoms with van der Waals surface area (Å²) < 4.78 is 4.79. The van der Waals surface area contributed by atoms with Gasteiger partial charge in [-0.3, -0.25) is 4.79 Å². The van der Waals surface area contributed by atoms with Gasteiger partial charge in [-0.2, -0.15) is 4.98 Å². The maximum absolute atomic E-state index is 11.4. The number of carbonyl (C=O) groups is 1. The van der Waals surface area contributed by atoms with E-state index in [1.165, 1.54) is 12.8 Å². The number of aryl methyl sites for hydroxylation is 1. The molecular formula is C10H16N4O2. The second kappa shape index (κ2) is 5.07. The van der Waals surface area contributed by atoms with Crippen molar-refractivity contribution in [1.82, 2.24) is 20.8 Å². The van der Waals surface area contributed by atoms with Crippen molar-refractivity contribution in [3.05, 3.63) is 11.7 Å². The Kier molecular flexibility index (Phi) is 3.51. The third-order valence-electron chi connectivity index (χ3n) is 2.43. The van der Waals surface area contributed by atoms with E-state index in [9.17, 15) is 4.79 Å². The zero-order valence-electron chi connectivity index (χ0n) is 9.32. The van der Waals surface area contributed by atoms with Crippen molar-refractivity contribution in [2.75, 3.05) is 13.1 Å². The standard InChI is InChI=1S/C10H16N4O2/c1-7-13-9(14-16-7)5-12-10(15)6-11-4-8-2-3-8/h8,11H,2-6H2,1H3,(H,12,15). The molecule has 0 aliphatic heterocycles. The van der Waals surface area contributed by atoms with Gasteiger partial charge in [0, 0.05) is 6.92 Å². The van der Waals surface area contributed by atoms with Crippen LogP contribution in [0.2, 0.25) is 0 Å². The molecule has 88 valence electrons. The van der Waals surface area contributed by atoms with Crippen LogP contribution in [0.25, 0.3) is 0 Å². The molecule has 0 unspecified atom stereocenters. The summed E-state index contributed by atoms with van der Waals surface area (Å²) >= 11 is 0. The first-order chi connectivity index (χ1) is 7.74. The highest BCUT2D eigenvalue weighted by Gasteiger charge is 2.20. The van der Waals surface area contributed by atoms with Gasteiger partial charge in [-0.1, -0.05) is 5.16 Å². The Balaban J connectivity index is 1.59. The van der Waals surface area contributed by atoms with Gasteiger partial charge in [0.1, 0.15) is 0 Å². The van der Waals surface area contributed by atoms with E-state index in [-0.39, 0.29) is 5.91 Å². The molecule has 1 aromatic rings. The summed E-state index contributed by atoms with van der Waals surface area (Å²) in [6.07, 6.45) is 2.58. The molecule has 6 heteroatoms. The van der Waals surface area contributed by atoms with Crippen molar-refractivity contribution in [2.24, 2.45) is 5.92 Å². The SMILES string of the molecule is Cc1nc(CNC(=O)CNCC2CC2)no1. The molecule has 0 bridgehead atoms. The number of nitrogens with zero attached hydrogens (tertiary/aromatic N) is 2. The van der Waals surface area contributed by atoms with Crippen LogP contribution < -0.4 is 10.6 Å². The van der Waals surface area contributed by atoms with Crippen LogP contribution in [0.1, 0.15) is 24.6 Å². The van der Waals surface area contributed by atoms with Gasteiger partial charge in [0.05, 0.1) is 13.1 Å². The molecule has 1 saturated carbocycles. The fourth-order valence-corrected chi connectivity index (χ4v) is 1.37. The molecule has 0 atom stereocenters. The molecule has 1 aromatic heterocycles. The molecule has 1 aliphatic rings. The summed E-state index contributed by atoms with van der Waals surface area (Å²) in [4.78, 5) is 15.4. The first-order valence-electron chi connectivity index (χ1n) is 5.50. The lowest BCUT2D eigenvalue weighted by Gasteiger charge is -2.03. The molecule has 1 fully saturated rings. The number of hydrogen-bond acceptors (Lipinski definition) is 5. The minimum absolute atomic E-state index is 0.0388. The summed E-state index contributed by atoms with van der Waals surface area (Å²) in [5.74, 6) is 1.76. The highest BCUT2D eigenvalue weighted by molar-refractivity contribution is 5.77. The monoisotopic (exact) mass is 224 g/mol. The molecule has 1 amide bonds. The van der Waals surface area contributed by atoms with Crippen LogP contribution in [0.4, 0.5) is 0 Å². The highest BCUT2D eigenvalue weighted by atomic mass is 16.5. The first-order valence-corrected chi connectivity index (χ1v) is 5.50. The molecule has 1 heterocycles. The number of nitrogens with one attached hydrogen (secondary N) is 2. The molecule has 16 heavy (non-hydrogen) atoms. The van der Waals surface area contributed by atoms with E-state index < -0.39 is 0 Å². The van der Waals surface area contributed by atoms with Crippen LogP contribution in [0.15, 0.2) is 4.52 Å². The molecular weight excluding hydrogens is 208 g/mol. The average Bonchev–Trinajstić information content (AvgIpc) is 2.98. The Morgan fingerprint density at radius 3 is 3.00 bits per heavy atom. The van der Waals surface area contributed by atoms with Crippen LogP contribution in [-0.2, 0) is 11.3 Å². The van der Waals surface area contributed by atoms with Gasteiger partial charge in [0.25, 0.3) is 0 Å². The smallest absolute Gasteiger partial charge is 0.234 e. The maximum Gasteiger partial charge on any atom is 0.234 e. The summed E-state index contributed by atoms with van der Waals surface area (Å²) in [6, 6.07) is 0. The lowest BCUT2D eigenvalue weighted by atomic mass is 10.4. The molecule has 1 aliphatic carbocycles. The Morgan fingerprint density at radius 2 is 2.38 bits per heavy atom. The maximum atomic E-state index is 11.4. The van der Waals surface area contributed by atoms with Gasteiger partial charge < -0.3 is 15.2 Å². The van der Waals surface area contributed by atoms with Crippen molar-refractivity contribution < 1.29 is 9.32 Å². The van der Waals surface area contributed by atoms with Gasteiger partial charge in [0.2, 0.25) is 11.8 Å². The molecule has 2 rings (SSSR count). The van der Waals surface area contributed by atoms with Crippen molar-refractivity contribution in [3.8, 4) is 0 Å². The fourth-order valence-electron chi connectivity index (χ4n) is 1.37. The predicted molar refractivity (Wildman–Crippen MR) is 56.5 cm³/mol. The van der Waals surface area contributed by atoms with Gasteiger partial charge >= 0.3 is 0 Å². The summed E-state index contributed by atoms with van der Waals surface area (Å²) in [5, 5.41) is 9.52. The summed E-state index contributed by atoms with van der Waals surface area (Å²) in [6.45, 7) is 3.33. The van der Waals surface area contributed by atoms with Gasteiger partial charge in [-0.25, -0.2) is 0 Å². The van der Waals surface area contributed by atoms with Crippen LogP contribution in [-0.4, -0.2) is 29.1 Å². The minimum atomic E-state index is -0.0388. The normalized spacial score (nSPS) is 15.1. The van der Waals surface area contributed by atoms with E-state index in [1.54, 1.807) is 6.92 Å². The highest BCUT2D eigenvalue weighted by Crippen LogP contribution is 2.27.